The van der Waals surface area contributed by atoms with Crippen molar-refractivity contribution in [3.05, 3.63) is 54.1 Å². The van der Waals surface area contributed by atoms with Crippen LogP contribution in [-0.4, -0.2) is 6.54 Å². The van der Waals surface area contributed by atoms with Crippen LogP contribution in [0.25, 0.3) is 0 Å². The highest BCUT2D eigenvalue weighted by Crippen LogP contribution is 2.39. The SMILES string of the molecule is CCNC(c1cc(Br)c(Br)s1)c1c(F)ccc(C)c1F. The highest BCUT2D eigenvalue weighted by molar-refractivity contribution is 9.13. The molecule has 2 aromatic rings. The Labute approximate surface area is 137 Å². The van der Waals surface area contributed by atoms with Crippen molar-refractivity contribution in [1.29, 1.82) is 0 Å². The lowest BCUT2D eigenvalue weighted by atomic mass is 10.0. The van der Waals surface area contributed by atoms with Crippen molar-refractivity contribution >= 4 is 43.2 Å². The van der Waals surface area contributed by atoms with Crippen LogP contribution in [0.3, 0.4) is 0 Å². The predicted octanol–water partition coefficient (Wildman–Crippen LogP) is 5.56. The first kappa shape index (κ1) is 16.1. The zero-order valence-electron chi connectivity index (χ0n) is 10.9. The second-order valence-corrected chi connectivity index (χ2v) is 7.61. The van der Waals surface area contributed by atoms with Crippen molar-refractivity contribution in [2.45, 2.75) is 19.9 Å². The van der Waals surface area contributed by atoms with E-state index in [1.165, 1.54) is 23.5 Å². The number of hydrogen-bond donors (Lipinski definition) is 1. The summed E-state index contributed by atoms with van der Waals surface area (Å²) in [5.41, 5.74) is 0.520. The Kier molecular flexibility index (Phi) is 5.34. The minimum atomic E-state index is -0.528. The first-order valence-electron chi connectivity index (χ1n) is 6.08. The average Bonchev–Trinajstić information content (AvgIpc) is 2.73. The Morgan fingerprint density at radius 3 is 2.55 bits per heavy atom. The van der Waals surface area contributed by atoms with Crippen LogP contribution >= 0.6 is 43.2 Å². The summed E-state index contributed by atoms with van der Waals surface area (Å²) < 4.78 is 30.2. The van der Waals surface area contributed by atoms with E-state index in [1.807, 2.05) is 13.0 Å². The summed E-state index contributed by atoms with van der Waals surface area (Å²) in [5.74, 6) is -1.02. The maximum Gasteiger partial charge on any atom is 0.134 e. The summed E-state index contributed by atoms with van der Waals surface area (Å²) in [6.07, 6.45) is 0. The van der Waals surface area contributed by atoms with Gasteiger partial charge in [0.2, 0.25) is 0 Å². The van der Waals surface area contributed by atoms with E-state index in [1.54, 1.807) is 6.92 Å². The van der Waals surface area contributed by atoms with Crippen LogP contribution in [0.15, 0.2) is 26.5 Å². The number of thiophene rings is 1. The Balaban J connectivity index is 2.57. The molecular formula is C14H13Br2F2NS. The lowest BCUT2D eigenvalue weighted by Gasteiger charge is -2.19. The van der Waals surface area contributed by atoms with Gasteiger partial charge in [-0.25, -0.2) is 8.78 Å². The van der Waals surface area contributed by atoms with Crippen LogP contribution in [0.1, 0.15) is 29.0 Å². The molecule has 0 bridgehead atoms. The number of halogens is 4. The molecule has 1 unspecified atom stereocenters. The Hall–Kier alpha value is -0.300. The fourth-order valence-electron chi connectivity index (χ4n) is 2.00. The van der Waals surface area contributed by atoms with Crippen molar-refractivity contribution < 1.29 is 8.78 Å². The average molecular weight is 425 g/mol. The molecule has 0 saturated carbocycles. The van der Waals surface area contributed by atoms with Crippen molar-refractivity contribution in [1.82, 2.24) is 5.32 Å². The standard InChI is InChI=1S/C14H13Br2F2NS/c1-3-19-13(10-6-8(15)14(16)20-10)11-9(17)5-4-7(2)12(11)18/h4-6,13,19H,3H2,1-2H3. The molecule has 0 fully saturated rings. The summed E-state index contributed by atoms with van der Waals surface area (Å²) in [5, 5.41) is 3.15. The van der Waals surface area contributed by atoms with E-state index in [0.29, 0.717) is 12.1 Å². The van der Waals surface area contributed by atoms with E-state index >= 15 is 0 Å². The minimum absolute atomic E-state index is 0.0769. The minimum Gasteiger partial charge on any atom is -0.306 e. The second-order valence-electron chi connectivity index (χ2n) is 4.35. The van der Waals surface area contributed by atoms with Gasteiger partial charge in [0.05, 0.1) is 9.83 Å². The highest BCUT2D eigenvalue weighted by Gasteiger charge is 2.24. The van der Waals surface area contributed by atoms with Crippen LogP contribution in [0.2, 0.25) is 0 Å². The molecule has 1 nitrogen and oxygen atoms in total. The maximum atomic E-state index is 14.3. The molecule has 1 aromatic heterocycles. The molecule has 0 radical (unpaired) electrons. The van der Waals surface area contributed by atoms with Crippen LogP contribution < -0.4 is 5.32 Å². The molecule has 0 saturated heterocycles. The molecule has 1 heterocycles. The van der Waals surface area contributed by atoms with Gasteiger partial charge in [0.1, 0.15) is 11.6 Å². The van der Waals surface area contributed by atoms with E-state index in [9.17, 15) is 8.78 Å². The summed E-state index contributed by atoms with van der Waals surface area (Å²) in [4.78, 5) is 0.856. The first-order chi connectivity index (χ1) is 9.45. The van der Waals surface area contributed by atoms with E-state index in [0.717, 1.165) is 13.1 Å². The van der Waals surface area contributed by atoms with Crippen molar-refractivity contribution in [2.24, 2.45) is 0 Å². The van der Waals surface area contributed by atoms with Crippen LogP contribution in [-0.2, 0) is 0 Å². The van der Waals surface area contributed by atoms with Crippen LogP contribution in [0, 0.1) is 18.6 Å². The summed E-state index contributed by atoms with van der Waals surface area (Å²) in [6.45, 7) is 4.17. The maximum absolute atomic E-state index is 14.3. The summed E-state index contributed by atoms with van der Waals surface area (Å²) in [6, 6.07) is 4.16. The molecule has 1 atom stereocenters. The fourth-order valence-corrected chi connectivity index (χ4v) is 4.17. The molecular weight excluding hydrogens is 412 g/mol. The number of benzene rings is 1. The summed E-state index contributed by atoms with van der Waals surface area (Å²) in [7, 11) is 0. The van der Waals surface area contributed by atoms with Gasteiger partial charge in [-0.3, -0.25) is 0 Å². The topological polar surface area (TPSA) is 12.0 Å². The Morgan fingerprint density at radius 2 is 2.00 bits per heavy atom. The molecule has 2 rings (SSSR count). The molecule has 0 aliphatic heterocycles. The Bertz CT molecular complexity index is 608. The van der Waals surface area contributed by atoms with Crippen LogP contribution in [0.5, 0.6) is 0 Å². The molecule has 6 heteroatoms. The third kappa shape index (κ3) is 3.13. The van der Waals surface area contributed by atoms with Gasteiger partial charge < -0.3 is 5.32 Å². The van der Waals surface area contributed by atoms with Gasteiger partial charge in [0.25, 0.3) is 0 Å². The number of hydrogen-bond acceptors (Lipinski definition) is 2. The smallest absolute Gasteiger partial charge is 0.134 e. The van der Waals surface area contributed by atoms with Crippen molar-refractivity contribution in [3.8, 4) is 0 Å². The van der Waals surface area contributed by atoms with E-state index in [-0.39, 0.29) is 5.56 Å². The summed E-state index contributed by atoms with van der Waals surface area (Å²) >= 11 is 8.28. The predicted molar refractivity (Wildman–Crippen MR) is 86.3 cm³/mol. The van der Waals surface area contributed by atoms with Gasteiger partial charge in [0.15, 0.2) is 0 Å². The molecule has 0 aliphatic rings. The lowest BCUT2D eigenvalue weighted by Crippen LogP contribution is -2.23. The molecule has 1 N–H and O–H groups in total. The normalized spacial score (nSPS) is 12.7. The number of aryl methyl sites for hydroxylation is 1. The molecule has 1 aromatic carbocycles. The molecule has 0 spiro atoms. The van der Waals surface area contributed by atoms with Crippen LogP contribution in [0.4, 0.5) is 8.78 Å². The molecule has 20 heavy (non-hydrogen) atoms. The van der Waals surface area contributed by atoms with Gasteiger partial charge in [0, 0.05) is 14.9 Å². The van der Waals surface area contributed by atoms with Crippen molar-refractivity contribution in [3.63, 3.8) is 0 Å². The van der Waals surface area contributed by atoms with Gasteiger partial charge in [-0.15, -0.1) is 11.3 Å². The largest absolute Gasteiger partial charge is 0.306 e. The van der Waals surface area contributed by atoms with Gasteiger partial charge >= 0.3 is 0 Å². The molecule has 108 valence electrons. The fraction of sp³-hybridized carbons (Fsp3) is 0.286. The van der Waals surface area contributed by atoms with Gasteiger partial charge in [-0.1, -0.05) is 13.0 Å². The third-order valence-electron chi connectivity index (χ3n) is 2.97. The number of rotatable bonds is 4. The number of nitrogens with one attached hydrogen (secondary N) is 1. The monoisotopic (exact) mass is 423 g/mol. The van der Waals surface area contributed by atoms with E-state index < -0.39 is 17.7 Å². The second kappa shape index (κ2) is 6.64. The van der Waals surface area contributed by atoms with E-state index in [4.69, 9.17) is 0 Å². The quantitative estimate of drug-likeness (QED) is 0.677. The Morgan fingerprint density at radius 1 is 1.30 bits per heavy atom. The zero-order chi connectivity index (χ0) is 14.9. The first-order valence-corrected chi connectivity index (χ1v) is 8.48. The lowest BCUT2D eigenvalue weighted by molar-refractivity contribution is 0.509. The van der Waals surface area contributed by atoms with E-state index in [2.05, 4.69) is 37.2 Å². The third-order valence-corrected chi connectivity index (χ3v) is 6.29. The van der Waals surface area contributed by atoms with Gasteiger partial charge in [-0.2, -0.15) is 0 Å². The highest BCUT2D eigenvalue weighted by atomic mass is 79.9. The van der Waals surface area contributed by atoms with Gasteiger partial charge in [-0.05, 0) is 63.0 Å². The molecule has 0 amide bonds. The van der Waals surface area contributed by atoms with Crippen molar-refractivity contribution in [2.75, 3.05) is 6.54 Å². The molecule has 0 aliphatic carbocycles. The zero-order valence-corrected chi connectivity index (χ0v) is 14.9.